The van der Waals surface area contributed by atoms with Gasteiger partial charge in [-0.2, -0.15) is 0 Å². The van der Waals surface area contributed by atoms with E-state index >= 15 is 0 Å². The van der Waals surface area contributed by atoms with Crippen LogP contribution in [0.15, 0.2) is 65.6 Å². The first kappa shape index (κ1) is 24.2. The first-order valence-electron chi connectivity index (χ1n) is 11.1. The van der Waals surface area contributed by atoms with Gasteiger partial charge in [0.25, 0.3) is 15.9 Å². The molecule has 184 valence electrons. The molecule has 0 aromatic heterocycles. The topological polar surface area (TPSA) is 112 Å². The van der Waals surface area contributed by atoms with E-state index < -0.39 is 15.9 Å². The highest BCUT2D eigenvalue weighted by Crippen LogP contribution is 2.34. The van der Waals surface area contributed by atoms with E-state index in [-0.39, 0.29) is 16.1 Å². The zero-order valence-corrected chi connectivity index (χ0v) is 20.2. The van der Waals surface area contributed by atoms with Gasteiger partial charge in [0.15, 0.2) is 23.0 Å². The van der Waals surface area contributed by atoms with Crippen LogP contribution in [0, 0.1) is 0 Å². The average molecular weight is 499 g/mol. The average Bonchev–Trinajstić information content (AvgIpc) is 2.85. The third-order valence-electron chi connectivity index (χ3n) is 5.04. The van der Waals surface area contributed by atoms with Gasteiger partial charge in [-0.05, 0) is 50.2 Å². The summed E-state index contributed by atoms with van der Waals surface area (Å²) < 4.78 is 50.9. The van der Waals surface area contributed by atoms with Crippen molar-refractivity contribution in [3.63, 3.8) is 0 Å². The number of carbonyl (C=O) groups excluding carboxylic acids is 1. The Hall–Kier alpha value is -3.92. The van der Waals surface area contributed by atoms with Gasteiger partial charge in [-0.15, -0.1) is 0 Å². The molecule has 1 aliphatic heterocycles. The van der Waals surface area contributed by atoms with Crippen molar-refractivity contribution >= 4 is 27.3 Å². The standard InChI is InChI=1S/C25H26N2O7S/c1-3-31-21-12-10-18(16-24(21)32-4-2)35(29,30)27-20-8-6-5-7-19(20)25(28)26-17-9-11-22-23(15-17)34-14-13-33-22/h5-12,15-16,27H,3-4,13-14H2,1-2H3,(H,26,28). The normalized spacial score (nSPS) is 12.5. The third-order valence-corrected chi connectivity index (χ3v) is 6.40. The van der Waals surface area contributed by atoms with Gasteiger partial charge in [-0.3, -0.25) is 9.52 Å². The molecule has 0 saturated carbocycles. The molecule has 1 heterocycles. The molecule has 0 bridgehead atoms. The molecule has 0 fully saturated rings. The molecule has 0 spiro atoms. The first-order chi connectivity index (χ1) is 16.9. The monoisotopic (exact) mass is 498 g/mol. The van der Waals surface area contributed by atoms with E-state index in [9.17, 15) is 13.2 Å². The number of anilines is 2. The predicted molar refractivity (Wildman–Crippen MR) is 131 cm³/mol. The summed E-state index contributed by atoms with van der Waals surface area (Å²) in [6.07, 6.45) is 0. The van der Waals surface area contributed by atoms with Crippen molar-refractivity contribution in [1.29, 1.82) is 0 Å². The minimum atomic E-state index is -4.03. The fraction of sp³-hybridized carbons (Fsp3) is 0.240. The number of para-hydroxylation sites is 1. The first-order valence-corrected chi connectivity index (χ1v) is 12.6. The van der Waals surface area contributed by atoms with Crippen molar-refractivity contribution in [1.82, 2.24) is 0 Å². The summed E-state index contributed by atoms with van der Waals surface area (Å²) in [6, 6.07) is 15.8. The lowest BCUT2D eigenvalue weighted by Crippen LogP contribution is -2.19. The summed E-state index contributed by atoms with van der Waals surface area (Å²) in [7, 11) is -4.03. The lowest BCUT2D eigenvalue weighted by Gasteiger charge is -2.19. The highest BCUT2D eigenvalue weighted by atomic mass is 32.2. The van der Waals surface area contributed by atoms with Crippen LogP contribution in [-0.2, 0) is 10.0 Å². The maximum atomic E-state index is 13.2. The largest absolute Gasteiger partial charge is 0.490 e. The van der Waals surface area contributed by atoms with E-state index in [2.05, 4.69) is 10.0 Å². The second-order valence-corrected chi connectivity index (χ2v) is 9.12. The van der Waals surface area contributed by atoms with Crippen molar-refractivity contribution in [2.24, 2.45) is 0 Å². The van der Waals surface area contributed by atoms with Crippen molar-refractivity contribution in [3.05, 3.63) is 66.2 Å². The number of benzene rings is 3. The van der Waals surface area contributed by atoms with E-state index in [1.54, 1.807) is 43.3 Å². The van der Waals surface area contributed by atoms with Crippen LogP contribution in [0.2, 0.25) is 0 Å². The van der Waals surface area contributed by atoms with Crippen LogP contribution in [0.4, 0.5) is 11.4 Å². The Kier molecular flexibility index (Phi) is 7.31. The summed E-state index contributed by atoms with van der Waals surface area (Å²) in [4.78, 5) is 13.0. The number of nitrogens with one attached hydrogen (secondary N) is 2. The van der Waals surface area contributed by atoms with Gasteiger partial charge in [0, 0.05) is 17.8 Å². The molecule has 0 aliphatic carbocycles. The lowest BCUT2D eigenvalue weighted by molar-refractivity contribution is 0.102. The van der Waals surface area contributed by atoms with Gasteiger partial charge in [-0.1, -0.05) is 12.1 Å². The minimum absolute atomic E-state index is 0.0218. The van der Waals surface area contributed by atoms with Crippen LogP contribution < -0.4 is 29.0 Å². The summed E-state index contributed by atoms with van der Waals surface area (Å²) in [5.41, 5.74) is 0.779. The molecule has 0 atom stereocenters. The van der Waals surface area contributed by atoms with Crippen LogP contribution in [0.1, 0.15) is 24.2 Å². The van der Waals surface area contributed by atoms with Crippen molar-refractivity contribution in [2.75, 3.05) is 36.5 Å². The molecule has 2 N–H and O–H groups in total. The summed E-state index contributed by atoms with van der Waals surface area (Å²) >= 11 is 0. The Morgan fingerprint density at radius 1 is 0.886 bits per heavy atom. The minimum Gasteiger partial charge on any atom is -0.490 e. The highest BCUT2D eigenvalue weighted by Gasteiger charge is 2.21. The molecule has 35 heavy (non-hydrogen) atoms. The van der Waals surface area contributed by atoms with Gasteiger partial charge in [0.05, 0.1) is 29.4 Å². The summed E-state index contributed by atoms with van der Waals surface area (Å²) in [5.74, 6) is 1.42. The fourth-order valence-corrected chi connectivity index (χ4v) is 4.59. The van der Waals surface area contributed by atoms with Crippen LogP contribution in [0.3, 0.4) is 0 Å². The molecule has 3 aromatic rings. The SMILES string of the molecule is CCOc1ccc(S(=O)(=O)Nc2ccccc2C(=O)Nc2ccc3c(c2)OCCO3)cc1OCC. The number of sulfonamides is 1. The van der Waals surface area contributed by atoms with Gasteiger partial charge in [0.2, 0.25) is 0 Å². The van der Waals surface area contributed by atoms with Crippen LogP contribution >= 0.6 is 0 Å². The number of fused-ring (bicyclic) bond motifs is 1. The van der Waals surface area contributed by atoms with E-state index in [4.69, 9.17) is 18.9 Å². The Labute approximate surface area is 204 Å². The Bertz CT molecular complexity index is 1330. The molecule has 10 heteroatoms. The Morgan fingerprint density at radius 3 is 2.37 bits per heavy atom. The zero-order valence-electron chi connectivity index (χ0n) is 19.4. The van der Waals surface area contributed by atoms with Crippen molar-refractivity contribution < 1.29 is 32.2 Å². The van der Waals surface area contributed by atoms with Gasteiger partial charge < -0.3 is 24.3 Å². The quantitative estimate of drug-likeness (QED) is 0.452. The van der Waals surface area contributed by atoms with E-state index in [1.807, 2.05) is 6.92 Å². The van der Waals surface area contributed by atoms with Crippen LogP contribution in [0.5, 0.6) is 23.0 Å². The maximum Gasteiger partial charge on any atom is 0.262 e. The molecule has 1 aliphatic rings. The number of carbonyl (C=O) groups is 1. The predicted octanol–water partition coefficient (Wildman–Crippen LogP) is 4.31. The lowest BCUT2D eigenvalue weighted by atomic mass is 10.1. The second-order valence-electron chi connectivity index (χ2n) is 7.44. The smallest absolute Gasteiger partial charge is 0.262 e. The van der Waals surface area contributed by atoms with Crippen molar-refractivity contribution in [3.8, 4) is 23.0 Å². The number of amides is 1. The van der Waals surface area contributed by atoms with Gasteiger partial charge >= 0.3 is 0 Å². The second kappa shape index (κ2) is 10.6. The van der Waals surface area contributed by atoms with Gasteiger partial charge in [0.1, 0.15) is 13.2 Å². The van der Waals surface area contributed by atoms with E-state index in [0.29, 0.717) is 55.1 Å². The zero-order chi connectivity index (χ0) is 24.8. The van der Waals surface area contributed by atoms with E-state index in [0.717, 1.165) is 0 Å². The molecular weight excluding hydrogens is 472 g/mol. The van der Waals surface area contributed by atoms with E-state index in [1.165, 1.54) is 24.3 Å². The van der Waals surface area contributed by atoms with Crippen molar-refractivity contribution in [2.45, 2.75) is 18.7 Å². The summed E-state index contributed by atoms with van der Waals surface area (Å²) in [5, 5.41) is 2.78. The summed E-state index contributed by atoms with van der Waals surface area (Å²) in [6.45, 7) is 5.27. The molecule has 0 saturated heterocycles. The van der Waals surface area contributed by atoms with Crippen LogP contribution in [0.25, 0.3) is 0 Å². The Balaban J connectivity index is 1.57. The number of hydrogen-bond acceptors (Lipinski definition) is 7. The van der Waals surface area contributed by atoms with Gasteiger partial charge in [-0.25, -0.2) is 8.42 Å². The number of hydrogen-bond donors (Lipinski definition) is 2. The molecular formula is C25H26N2O7S. The highest BCUT2D eigenvalue weighted by molar-refractivity contribution is 7.92. The third kappa shape index (κ3) is 5.60. The number of rotatable bonds is 9. The fourth-order valence-electron chi connectivity index (χ4n) is 3.49. The van der Waals surface area contributed by atoms with Crippen LogP contribution in [-0.4, -0.2) is 40.8 Å². The Morgan fingerprint density at radius 2 is 1.60 bits per heavy atom. The molecule has 3 aromatic carbocycles. The molecule has 0 unspecified atom stereocenters. The molecule has 4 rings (SSSR count). The number of ether oxygens (including phenoxy) is 4. The maximum absolute atomic E-state index is 13.2. The molecule has 0 radical (unpaired) electrons. The molecule has 1 amide bonds. The molecule has 9 nitrogen and oxygen atoms in total.